The molecule has 0 radical (unpaired) electrons. The van der Waals surface area contributed by atoms with Crippen LogP contribution in [0.15, 0.2) is 73.3 Å². The Hall–Kier alpha value is -1.60. The van der Waals surface area contributed by atoms with E-state index in [1.807, 2.05) is 0 Å². The first-order chi connectivity index (χ1) is 21.8. The van der Waals surface area contributed by atoms with Crippen molar-refractivity contribution in [3.8, 4) is 0 Å². The van der Waals surface area contributed by atoms with Crippen molar-refractivity contribution in [2.75, 3.05) is 0 Å². The lowest BCUT2D eigenvalue weighted by atomic mass is 9.50. The fraction of sp³-hybridized carbons (Fsp3) is 0.689. The monoisotopic (exact) mass is 637 g/mol. The second kappa shape index (κ2) is 13.0. The second-order valence-corrected chi connectivity index (χ2v) is 24.9. The van der Waals surface area contributed by atoms with E-state index in [-0.39, 0.29) is 5.41 Å². The van der Waals surface area contributed by atoms with Gasteiger partial charge in [-0.05, 0) is 133 Å². The molecule has 0 aromatic heterocycles. The van der Waals surface area contributed by atoms with Crippen LogP contribution in [0.5, 0.6) is 0 Å². The Bertz CT molecular complexity index is 1210. The minimum absolute atomic E-state index is 0.0854. The first kappa shape index (κ1) is 34.3. The van der Waals surface area contributed by atoms with Gasteiger partial charge in [0.25, 0.3) is 0 Å². The average molecular weight is 637 g/mol. The van der Waals surface area contributed by atoms with Gasteiger partial charge in [-0.3, -0.25) is 0 Å². The standard InChI is InChI=1S/C45H68Si/c1-10-11-28-46(8,9)37-25-22-36(29-37)45(32-18-14-12-15-19-32,33-20-16-13-17-21-33)42-40-30-34(43(2,3)4)23-26-38(40)39-27-24-35(31-41(39)42)44(5,6)7/h10,12-21,34-42H,1,11,22-31H2,2-9H3. The van der Waals surface area contributed by atoms with Gasteiger partial charge in [-0.2, -0.15) is 0 Å². The molecule has 8 unspecified atom stereocenters. The van der Waals surface area contributed by atoms with Crippen LogP contribution in [0, 0.1) is 58.2 Å². The summed E-state index contributed by atoms with van der Waals surface area (Å²) in [5.74, 6) is 6.60. The Kier molecular flexibility index (Phi) is 9.70. The largest absolute Gasteiger partial charge is 0.103 e. The zero-order valence-corrected chi connectivity index (χ0v) is 32.0. The molecule has 8 atom stereocenters. The summed E-state index contributed by atoms with van der Waals surface area (Å²) in [5, 5.41) is 0. The molecule has 0 nitrogen and oxygen atoms in total. The summed E-state index contributed by atoms with van der Waals surface area (Å²) in [4.78, 5) is 0. The van der Waals surface area contributed by atoms with Crippen molar-refractivity contribution in [3.05, 3.63) is 84.4 Å². The lowest BCUT2D eigenvalue weighted by molar-refractivity contribution is 0.0428. The fourth-order valence-corrected chi connectivity index (χ4v) is 15.6. The van der Waals surface area contributed by atoms with Crippen LogP contribution >= 0.6 is 0 Å². The third-order valence-electron chi connectivity index (χ3n) is 15.0. The Balaban J connectivity index is 1.55. The van der Waals surface area contributed by atoms with E-state index >= 15 is 0 Å². The molecule has 0 N–H and O–H groups in total. The predicted octanol–water partition coefficient (Wildman–Crippen LogP) is 13.2. The molecule has 6 rings (SSSR count). The SMILES string of the molecule is C=CCC[Si](C)(C)C1CCC(C(c2ccccc2)(c2ccccc2)C2C3CC(C(C)(C)C)CCC3C3CCC(C(C)(C)C)CC32)C1. The maximum absolute atomic E-state index is 4.12. The van der Waals surface area contributed by atoms with Crippen LogP contribution < -0.4 is 0 Å². The number of hydrogen-bond acceptors (Lipinski definition) is 0. The first-order valence-electron chi connectivity index (χ1n) is 19.5. The van der Waals surface area contributed by atoms with E-state index in [2.05, 4.69) is 128 Å². The van der Waals surface area contributed by atoms with E-state index < -0.39 is 8.07 Å². The fourth-order valence-electron chi connectivity index (χ4n) is 12.4. The number of hydrogen-bond donors (Lipinski definition) is 0. The quantitative estimate of drug-likeness (QED) is 0.200. The lowest BCUT2D eigenvalue weighted by Crippen LogP contribution is -2.49. The molecule has 0 spiro atoms. The molecule has 4 aliphatic carbocycles. The van der Waals surface area contributed by atoms with Gasteiger partial charge in [-0.1, -0.05) is 134 Å². The molecule has 4 fully saturated rings. The topological polar surface area (TPSA) is 0 Å². The molecular formula is C45H68Si. The molecule has 1 heteroatoms. The summed E-state index contributed by atoms with van der Waals surface area (Å²) in [5.41, 5.74) is 5.08. The van der Waals surface area contributed by atoms with E-state index in [9.17, 15) is 0 Å². The Morgan fingerprint density at radius 2 is 1.07 bits per heavy atom. The van der Waals surface area contributed by atoms with E-state index in [0.717, 1.165) is 47.0 Å². The number of benzene rings is 2. The molecule has 2 aromatic rings. The summed E-state index contributed by atoms with van der Waals surface area (Å²) >= 11 is 0. The van der Waals surface area contributed by atoms with Gasteiger partial charge in [0.1, 0.15) is 0 Å². The lowest BCUT2D eigenvalue weighted by Gasteiger charge is -2.53. The number of rotatable bonds is 8. The van der Waals surface area contributed by atoms with Crippen LogP contribution in [0.3, 0.4) is 0 Å². The molecule has 4 saturated carbocycles. The van der Waals surface area contributed by atoms with Crippen LogP contribution in [0.4, 0.5) is 0 Å². The van der Waals surface area contributed by atoms with Gasteiger partial charge in [0, 0.05) is 5.41 Å². The molecule has 0 heterocycles. The smallest absolute Gasteiger partial charge is 0.0508 e. The van der Waals surface area contributed by atoms with Crippen LogP contribution in [0.2, 0.25) is 24.7 Å². The van der Waals surface area contributed by atoms with Crippen molar-refractivity contribution in [1.29, 1.82) is 0 Å². The van der Waals surface area contributed by atoms with Gasteiger partial charge in [0.05, 0.1) is 8.07 Å². The average Bonchev–Trinajstić information content (AvgIpc) is 3.65. The van der Waals surface area contributed by atoms with Crippen molar-refractivity contribution in [2.45, 2.75) is 136 Å². The van der Waals surface area contributed by atoms with Crippen LogP contribution in [-0.4, -0.2) is 8.07 Å². The molecule has 0 saturated heterocycles. The highest BCUT2D eigenvalue weighted by Gasteiger charge is 2.64. The molecule has 2 aromatic carbocycles. The van der Waals surface area contributed by atoms with Crippen molar-refractivity contribution in [1.82, 2.24) is 0 Å². The van der Waals surface area contributed by atoms with E-state index in [1.165, 1.54) is 70.3 Å². The summed E-state index contributed by atoms with van der Waals surface area (Å²) in [6.07, 6.45) is 16.4. The predicted molar refractivity (Wildman–Crippen MR) is 203 cm³/mol. The van der Waals surface area contributed by atoms with Crippen LogP contribution in [0.25, 0.3) is 0 Å². The minimum atomic E-state index is -1.37. The highest BCUT2D eigenvalue weighted by Crippen LogP contribution is 2.69. The Labute approximate surface area is 285 Å². The number of fused-ring (bicyclic) bond motifs is 3. The zero-order valence-electron chi connectivity index (χ0n) is 31.0. The highest BCUT2D eigenvalue weighted by molar-refractivity contribution is 6.78. The summed E-state index contributed by atoms with van der Waals surface area (Å²) in [6, 6.07) is 25.8. The third-order valence-corrected chi connectivity index (χ3v) is 19.3. The van der Waals surface area contributed by atoms with Gasteiger partial charge in [0.2, 0.25) is 0 Å². The molecule has 0 amide bonds. The highest BCUT2D eigenvalue weighted by atomic mass is 28.3. The first-order valence-corrected chi connectivity index (χ1v) is 22.8. The van der Waals surface area contributed by atoms with Crippen molar-refractivity contribution in [3.63, 3.8) is 0 Å². The minimum Gasteiger partial charge on any atom is -0.103 e. The third kappa shape index (κ3) is 6.18. The van der Waals surface area contributed by atoms with Crippen LogP contribution in [-0.2, 0) is 5.41 Å². The van der Waals surface area contributed by atoms with Crippen molar-refractivity contribution >= 4 is 8.07 Å². The molecule has 46 heavy (non-hydrogen) atoms. The summed E-state index contributed by atoms with van der Waals surface area (Å²) < 4.78 is 0. The van der Waals surface area contributed by atoms with E-state index in [1.54, 1.807) is 11.1 Å². The zero-order chi connectivity index (χ0) is 32.9. The Morgan fingerprint density at radius 1 is 0.609 bits per heavy atom. The van der Waals surface area contributed by atoms with Gasteiger partial charge >= 0.3 is 0 Å². The van der Waals surface area contributed by atoms with Crippen LogP contribution in [0.1, 0.15) is 117 Å². The Morgan fingerprint density at radius 3 is 1.50 bits per heavy atom. The molecule has 252 valence electrons. The maximum atomic E-state index is 4.12. The molecule has 0 aliphatic heterocycles. The van der Waals surface area contributed by atoms with E-state index in [4.69, 9.17) is 0 Å². The van der Waals surface area contributed by atoms with Gasteiger partial charge in [-0.25, -0.2) is 0 Å². The maximum Gasteiger partial charge on any atom is 0.0508 e. The molecule has 0 bridgehead atoms. The van der Waals surface area contributed by atoms with E-state index in [0.29, 0.717) is 16.7 Å². The summed E-state index contributed by atoms with van der Waals surface area (Å²) in [6.45, 7) is 24.8. The normalized spacial score (nSPS) is 33.8. The van der Waals surface area contributed by atoms with Gasteiger partial charge in [-0.15, -0.1) is 6.58 Å². The van der Waals surface area contributed by atoms with Gasteiger partial charge in [0.15, 0.2) is 0 Å². The summed E-state index contributed by atoms with van der Waals surface area (Å²) in [7, 11) is -1.37. The number of allylic oxidation sites excluding steroid dienone is 1. The van der Waals surface area contributed by atoms with Gasteiger partial charge < -0.3 is 0 Å². The molecule has 4 aliphatic rings. The molecular weight excluding hydrogens is 569 g/mol. The second-order valence-electron chi connectivity index (χ2n) is 19.6. The van der Waals surface area contributed by atoms with Crippen molar-refractivity contribution < 1.29 is 0 Å². The van der Waals surface area contributed by atoms with Crippen molar-refractivity contribution in [2.24, 2.45) is 58.2 Å².